The summed E-state index contributed by atoms with van der Waals surface area (Å²) in [6.07, 6.45) is 5.89. The van der Waals surface area contributed by atoms with E-state index in [0.717, 1.165) is 47.6 Å². The molecule has 5 heteroatoms. The number of hydrogen-bond donors (Lipinski definition) is 2. The molecular weight excluding hydrogens is 286 g/mol. The zero-order chi connectivity index (χ0) is 15.5. The van der Waals surface area contributed by atoms with E-state index in [1.807, 2.05) is 30.3 Å². The Bertz CT molecular complexity index is 797. The molecule has 3 heterocycles. The van der Waals surface area contributed by atoms with Crippen LogP contribution in [0.15, 0.2) is 48.8 Å². The molecule has 2 aromatic heterocycles. The van der Waals surface area contributed by atoms with Crippen molar-refractivity contribution < 1.29 is 0 Å². The van der Waals surface area contributed by atoms with Gasteiger partial charge in [-0.25, -0.2) is 9.97 Å². The zero-order valence-corrected chi connectivity index (χ0v) is 12.9. The van der Waals surface area contributed by atoms with Crippen LogP contribution in [-0.4, -0.2) is 34.1 Å². The van der Waals surface area contributed by atoms with Crippen molar-refractivity contribution in [2.75, 3.05) is 18.4 Å². The first-order valence-corrected chi connectivity index (χ1v) is 8.04. The van der Waals surface area contributed by atoms with Gasteiger partial charge in [0.25, 0.3) is 0 Å². The van der Waals surface area contributed by atoms with Crippen molar-refractivity contribution >= 4 is 16.7 Å². The molecule has 1 aliphatic heterocycles. The van der Waals surface area contributed by atoms with Gasteiger partial charge >= 0.3 is 0 Å². The maximum absolute atomic E-state index is 4.79. The third-order valence-corrected chi connectivity index (χ3v) is 4.18. The average molecular weight is 305 g/mol. The summed E-state index contributed by atoms with van der Waals surface area (Å²) in [5.41, 5.74) is 1.94. The van der Waals surface area contributed by atoms with Gasteiger partial charge in [0.15, 0.2) is 5.82 Å². The number of fused-ring (bicyclic) bond motifs is 1. The van der Waals surface area contributed by atoms with Crippen molar-refractivity contribution in [3.63, 3.8) is 0 Å². The van der Waals surface area contributed by atoms with Crippen LogP contribution >= 0.6 is 0 Å². The Kier molecular flexibility index (Phi) is 3.86. The molecule has 3 aromatic rings. The molecule has 23 heavy (non-hydrogen) atoms. The number of anilines is 1. The number of piperidine rings is 1. The minimum atomic E-state index is 0.410. The average Bonchev–Trinajstić information content (AvgIpc) is 2.63. The van der Waals surface area contributed by atoms with Gasteiger partial charge < -0.3 is 10.6 Å². The van der Waals surface area contributed by atoms with Gasteiger partial charge in [-0.1, -0.05) is 12.1 Å². The quantitative estimate of drug-likeness (QED) is 0.779. The highest BCUT2D eigenvalue weighted by Crippen LogP contribution is 2.25. The van der Waals surface area contributed by atoms with Gasteiger partial charge in [0.05, 0.1) is 5.52 Å². The Labute approximate surface area is 135 Å². The molecule has 0 bridgehead atoms. The molecule has 0 aliphatic carbocycles. The van der Waals surface area contributed by atoms with E-state index in [-0.39, 0.29) is 0 Å². The molecule has 1 fully saturated rings. The molecule has 4 rings (SSSR count). The standard InChI is InChI=1S/C18H19N5/c1-2-6-16-15(5-1)18(21-14-4-3-9-20-12-14)23-17(22-16)13-7-10-19-11-8-13/h1-2,5-8,10-11,14,20H,3-4,9,12H2,(H,21,22,23)/t14-/m0/s1. The van der Waals surface area contributed by atoms with Crippen molar-refractivity contribution in [3.05, 3.63) is 48.8 Å². The predicted molar refractivity (Wildman–Crippen MR) is 92.3 cm³/mol. The predicted octanol–water partition coefficient (Wildman–Crippen LogP) is 2.86. The molecule has 0 spiro atoms. The lowest BCUT2D eigenvalue weighted by Crippen LogP contribution is -2.38. The Balaban J connectivity index is 1.77. The molecule has 2 N–H and O–H groups in total. The number of aromatic nitrogens is 3. The van der Waals surface area contributed by atoms with Crippen LogP contribution in [0.25, 0.3) is 22.3 Å². The summed E-state index contributed by atoms with van der Waals surface area (Å²) < 4.78 is 0. The second kappa shape index (κ2) is 6.30. The van der Waals surface area contributed by atoms with Crippen molar-refractivity contribution in [2.24, 2.45) is 0 Å². The highest BCUT2D eigenvalue weighted by atomic mass is 15.1. The van der Waals surface area contributed by atoms with Crippen LogP contribution in [-0.2, 0) is 0 Å². The third kappa shape index (κ3) is 3.00. The van der Waals surface area contributed by atoms with Gasteiger partial charge in [-0.2, -0.15) is 0 Å². The van der Waals surface area contributed by atoms with Crippen LogP contribution in [0.1, 0.15) is 12.8 Å². The summed E-state index contributed by atoms with van der Waals surface area (Å²) >= 11 is 0. The molecule has 1 aromatic carbocycles. The van der Waals surface area contributed by atoms with E-state index in [1.54, 1.807) is 12.4 Å². The van der Waals surface area contributed by atoms with Gasteiger partial charge in [0.1, 0.15) is 5.82 Å². The van der Waals surface area contributed by atoms with Gasteiger partial charge in [-0.15, -0.1) is 0 Å². The lowest BCUT2D eigenvalue weighted by atomic mass is 10.1. The van der Waals surface area contributed by atoms with Gasteiger partial charge in [0.2, 0.25) is 0 Å². The fourth-order valence-electron chi connectivity index (χ4n) is 2.99. The highest BCUT2D eigenvalue weighted by molar-refractivity contribution is 5.90. The lowest BCUT2D eigenvalue weighted by Gasteiger charge is -2.25. The number of nitrogens with zero attached hydrogens (tertiary/aromatic N) is 3. The first-order chi connectivity index (χ1) is 11.4. The first kappa shape index (κ1) is 14.1. The first-order valence-electron chi connectivity index (χ1n) is 8.04. The maximum atomic E-state index is 4.79. The second-order valence-electron chi connectivity index (χ2n) is 5.84. The highest BCUT2D eigenvalue weighted by Gasteiger charge is 2.16. The Morgan fingerprint density at radius 1 is 1.04 bits per heavy atom. The molecule has 1 saturated heterocycles. The summed E-state index contributed by atoms with van der Waals surface area (Å²) in [5, 5.41) is 8.11. The molecule has 0 saturated carbocycles. The number of rotatable bonds is 3. The largest absolute Gasteiger partial charge is 0.365 e. The maximum Gasteiger partial charge on any atom is 0.162 e. The molecule has 5 nitrogen and oxygen atoms in total. The minimum absolute atomic E-state index is 0.410. The summed E-state index contributed by atoms with van der Waals surface area (Å²) in [5.74, 6) is 1.65. The van der Waals surface area contributed by atoms with Crippen LogP contribution in [0.4, 0.5) is 5.82 Å². The second-order valence-corrected chi connectivity index (χ2v) is 5.84. The van der Waals surface area contributed by atoms with Crippen LogP contribution in [0.5, 0.6) is 0 Å². The number of pyridine rings is 1. The van der Waals surface area contributed by atoms with E-state index in [1.165, 1.54) is 6.42 Å². The van der Waals surface area contributed by atoms with E-state index in [9.17, 15) is 0 Å². The van der Waals surface area contributed by atoms with Gasteiger partial charge in [0, 0.05) is 35.9 Å². The van der Waals surface area contributed by atoms with Crippen LogP contribution < -0.4 is 10.6 Å². The van der Waals surface area contributed by atoms with E-state index in [4.69, 9.17) is 9.97 Å². The number of benzene rings is 1. The van der Waals surface area contributed by atoms with E-state index < -0.39 is 0 Å². The zero-order valence-electron chi connectivity index (χ0n) is 12.9. The minimum Gasteiger partial charge on any atom is -0.365 e. The van der Waals surface area contributed by atoms with Gasteiger partial charge in [-0.05, 0) is 43.7 Å². The molecule has 0 amide bonds. The van der Waals surface area contributed by atoms with Gasteiger partial charge in [-0.3, -0.25) is 4.98 Å². The molecule has 1 aliphatic rings. The Morgan fingerprint density at radius 2 is 1.91 bits per heavy atom. The van der Waals surface area contributed by atoms with E-state index >= 15 is 0 Å². The van der Waals surface area contributed by atoms with Crippen molar-refractivity contribution in [2.45, 2.75) is 18.9 Å². The lowest BCUT2D eigenvalue weighted by molar-refractivity contribution is 0.479. The third-order valence-electron chi connectivity index (χ3n) is 4.18. The Hall–Kier alpha value is -2.53. The fraction of sp³-hybridized carbons (Fsp3) is 0.278. The fourth-order valence-corrected chi connectivity index (χ4v) is 2.99. The topological polar surface area (TPSA) is 62.7 Å². The number of hydrogen-bond acceptors (Lipinski definition) is 5. The monoisotopic (exact) mass is 305 g/mol. The number of nitrogens with one attached hydrogen (secondary N) is 2. The van der Waals surface area contributed by atoms with Crippen molar-refractivity contribution in [1.29, 1.82) is 0 Å². The summed E-state index contributed by atoms with van der Waals surface area (Å²) in [7, 11) is 0. The van der Waals surface area contributed by atoms with E-state index in [2.05, 4.69) is 21.7 Å². The molecule has 0 unspecified atom stereocenters. The van der Waals surface area contributed by atoms with Crippen LogP contribution in [0.3, 0.4) is 0 Å². The number of para-hydroxylation sites is 1. The summed E-state index contributed by atoms with van der Waals surface area (Å²) in [6, 6.07) is 12.4. The van der Waals surface area contributed by atoms with Crippen LogP contribution in [0, 0.1) is 0 Å². The molecule has 0 radical (unpaired) electrons. The summed E-state index contributed by atoms with van der Waals surface area (Å²) in [4.78, 5) is 13.6. The molecular formula is C18H19N5. The van der Waals surface area contributed by atoms with Crippen molar-refractivity contribution in [3.8, 4) is 11.4 Å². The smallest absolute Gasteiger partial charge is 0.162 e. The summed E-state index contributed by atoms with van der Waals surface area (Å²) in [6.45, 7) is 2.08. The van der Waals surface area contributed by atoms with E-state index in [0.29, 0.717) is 6.04 Å². The van der Waals surface area contributed by atoms with Crippen LogP contribution in [0.2, 0.25) is 0 Å². The molecule has 116 valence electrons. The molecule has 1 atom stereocenters. The Morgan fingerprint density at radius 3 is 2.74 bits per heavy atom. The normalized spacial score (nSPS) is 18.0. The SMILES string of the molecule is c1ccc2c(N[C@H]3CCCNC3)nc(-c3ccncc3)nc2c1. The van der Waals surface area contributed by atoms with Crippen molar-refractivity contribution in [1.82, 2.24) is 20.3 Å².